The zero-order chi connectivity index (χ0) is 21.3. The lowest BCUT2D eigenvalue weighted by Crippen LogP contribution is -2.29. The molecule has 2 heterocycles. The summed E-state index contributed by atoms with van der Waals surface area (Å²) < 4.78 is 5.40. The first-order valence-corrected chi connectivity index (χ1v) is 9.50. The number of aromatic nitrogens is 1. The van der Waals surface area contributed by atoms with Crippen LogP contribution in [0.5, 0.6) is 5.75 Å². The number of carbonyl (C=O) groups excluding carboxylic acids is 2. The van der Waals surface area contributed by atoms with Crippen LogP contribution in [-0.4, -0.2) is 28.9 Å². The molecule has 1 amide bonds. The average molecular weight is 421 g/mol. The van der Waals surface area contributed by atoms with Crippen molar-refractivity contribution in [3.05, 3.63) is 94.8 Å². The highest BCUT2D eigenvalue weighted by molar-refractivity contribution is 6.52. The highest BCUT2D eigenvalue weighted by atomic mass is 35.5. The van der Waals surface area contributed by atoms with Gasteiger partial charge in [-0.2, -0.15) is 0 Å². The van der Waals surface area contributed by atoms with Crippen molar-refractivity contribution in [2.24, 2.45) is 0 Å². The number of aliphatic hydroxyl groups excluding tert-OH is 1. The van der Waals surface area contributed by atoms with Crippen LogP contribution in [0.4, 0.5) is 5.69 Å². The molecule has 0 bridgehead atoms. The molecular formula is C23H17ClN2O4. The van der Waals surface area contributed by atoms with E-state index in [0.29, 0.717) is 27.6 Å². The molecule has 150 valence electrons. The SMILES string of the molecule is COc1ccccc1N1C(=O)C(=O)/C(=C(\O)c2cccc(Cl)c2)C1c1cccnc1. The Morgan fingerprint density at radius 3 is 2.60 bits per heavy atom. The van der Waals surface area contributed by atoms with Crippen molar-refractivity contribution in [2.75, 3.05) is 12.0 Å². The van der Waals surface area contributed by atoms with E-state index in [1.165, 1.54) is 18.1 Å². The summed E-state index contributed by atoms with van der Waals surface area (Å²) in [6.45, 7) is 0. The minimum Gasteiger partial charge on any atom is -0.507 e. The number of pyridine rings is 1. The maximum Gasteiger partial charge on any atom is 0.300 e. The third-order valence-corrected chi connectivity index (χ3v) is 5.12. The zero-order valence-electron chi connectivity index (χ0n) is 15.9. The number of benzene rings is 2. The molecule has 1 aliphatic rings. The van der Waals surface area contributed by atoms with Gasteiger partial charge in [-0.15, -0.1) is 0 Å². The molecule has 0 radical (unpaired) electrons. The van der Waals surface area contributed by atoms with Crippen molar-refractivity contribution >= 4 is 34.7 Å². The highest BCUT2D eigenvalue weighted by Gasteiger charge is 2.47. The molecule has 0 spiro atoms. The molecule has 1 aromatic heterocycles. The molecule has 0 saturated carbocycles. The smallest absolute Gasteiger partial charge is 0.300 e. The quantitative estimate of drug-likeness (QED) is 0.385. The van der Waals surface area contributed by atoms with Crippen LogP contribution in [0.3, 0.4) is 0 Å². The number of hydrogen-bond acceptors (Lipinski definition) is 5. The Labute approximate surface area is 178 Å². The molecule has 7 heteroatoms. The molecule has 30 heavy (non-hydrogen) atoms. The summed E-state index contributed by atoms with van der Waals surface area (Å²) in [5, 5.41) is 11.4. The molecule has 1 saturated heterocycles. The molecule has 1 unspecified atom stereocenters. The Kier molecular flexibility index (Phi) is 5.25. The summed E-state index contributed by atoms with van der Waals surface area (Å²) >= 11 is 6.06. The van der Waals surface area contributed by atoms with Gasteiger partial charge in [-0.25, -0.2) is 0 Å². The summed E-state index contributed by atoms with van der Waals surface area (Å²) in [6, 6.07) is 15.9. The minimum atomic E-state index is -0.881. The summed E-state index contributed by atoms with van der Waals surface area (Å²) in [5.74, 6) is -1.44. The molecule has 0 aliphatic carbocycles. The van der Waals surface area contributed by atoms with Crippen LogP contribution < -0.4 is 9.64 Å². The normalized spacial score (nSPS) is 17.9. The summed E-state index contributed by atoms with van der Waals surface area (Å²) in [4.78, 5) is 31.6. The number of Topliss-reactive ketones (excluding diaryl/α,β-unsaturated/α-hetero) is 1. The van der Waals surface area contributed by atoms with Gasteiger partial charge in [-0.3, -0.25) is 19.5 Å². The Morgan fingerprint density at radius 1 is 1.10 bits per heavy atom. The second-order valence-corrected chi connectivity index (χ2v) is 7.07. The number of anilines is 1. The Bertz CT molecular complexity index is 1160. The fraction of sp³-hybridized carbons (Fsp3) is 0.0870. The average Bonchev–Trinajstić information content (AvgIpc) is 3.04. The Morgan fingerprint density at radius 2 is 1.90 bits per heavy atom. The van der Waals surface area contributed by atoms with Gasteiger partial charge in [0, 0.05) is 23.0 Å². The van der Waals surface area contributed by atoms with Gasteiger partial charge in [-0.1, -0.05) is 41.9 Å². The maximum atomic E-state index is 13.1. The standard InChI is InChI=1S/C23H17ClN2O4/c1-30-18-10-3-2-9-17(18)26-20(15-7-5-11-25-13-15)19(22(28)23(26)29)21(27)14-6-4-8-16(24)12-14/h2-13,20,27H,1H3/b21-19-. The van der Waals surface area contributed by atoms with Gasteiger partial charge in [0.25, 0.3) is 11.7 Å². The molecule has 4 rings (SSSR count). The lowest BCUT2D eigenvalue weighted by Gasteiger charge is -2.26. The number of para-hydroxylation sites is 2. The van der Waals surface area contributed by atoms with Gasteiger partial charge in [0.2, 0.25) is 0 Å². The van der Waals surface area contributed by atoms with Crippen molar-refractivity contribution in [1.82, 2.24) is 4.98 Å². The fourth-order valence-corrected chi connectivity index (χ4v) is 3.74. The van der Waals surface area contributed by atoms with Gasteiger partial charge in [0.15, 0.2) is 0 Å². The van der Waals surface area contributed by atoms with Crippen molar-refractivity contribution in [3.63, 3.8) is 0 Å². The molecule has 1 fully saturated rings. The van der Waals surface area contributed by atoms with E-state index in [0.717, 1.165) is 0 Å². The first kappa shape index (κ1) is 19.7. The number of aliphatic hydroxyl groups is 1. The molecule has 1 aliphatic heterocycles. The van der Waals surface area contributed by atoms with Crippen molar-refractivity contribution in [3.8, 4) is 5.75 Å². The topological polar surface area (TPSA) is 79.7 Å². The molecule has 1 atom stereocenters. The van der Waals surface area contributed by atoms with Gasteiger partial charge < -0.3 is 9.84 Å². The monoisotopic (exact) mass is 420 g/mol. The lowest BCUT2D eigenvalue weighted by atomic mass is 9.96. The van der Waals surface area contributed by atoms with E-state index in [1.807, 2.05) is 0 Å². The van der Waals surface area contributed by atoms with E-state index in [-0.39, 0.29) is 11.3 Å². The largest absolute Gasteiger partial charge is 0.507 e. The Balaban J connectivity index is 1.98. The van der Waals surface area contributed by atoms with Crippen molar-refractivity contribution in [1.29, 1.82) is 0 Å². The van der Waals surface area contributed by atoms with Crippen LogP contribution >= 0.6 is 11.6 Å². The van der Waals surface area contributed by atoms with Gasteiger partial charge >= 0.3 is 0 Å². The van der Waals surface area contributed by atoms with Gasteiger partial charge in [0.1, 0.15) is 11.5 Å². The predicted molar refractivity (Wildman–Crippen MR) is 113 cm³/mol. The molecule has 2 aromatic carbocycles. The molecular weight excluding hydrogens is 404 g/mol. The second-order valence-electron chi connectivity index (χ2n) is 6.64. The van der Waals surface area contributed by atoms with E-state index in [4.69, 9.17) is 16.3 Å². The van der Waals surface area contributed by atoms with E-state index in [1.54, 1.807) is 67.0 Å². The van der Waals surface area contributed by atoms with Gasteiger partial charge in [0.05, 0.1) is 24.4 Å². The fourth-order valence-electron chi connectivity index (χ4n) is 3.55. The number of methoxy groups -OCH3 is 1. The first-order chi connectivity index (χ1) is 14.5. The number of amides is 1. The summed E-state index contributed by atoms with van der Waals surface area (Å²) in [6.07, 6.45) is 3.15. The van der Waals surface area contributed by atoms with E-state index < -0.39 is 17.7 Å². The third kappa shape index (κ3) is 3.31. The predicted octanol–water partition coefficient (Wildman–Crippen LogP) is 4.37. The maximum absolute atomic E-state index is 13.1. The summed E-state index contributed by atoms with van der Waals surface area (Å²) in [7, 11) is 1.49. The molecule has 1 N–H and O–H groups in total. The number of halogens is 1. The second kappa shape index (κ2) is 8.00. The number of carbonyl (C=O) groups is 2. The van der Waals surface area contributed by atoms with Crippen LogP contribution in [-0.2, 0) is 9.59 Å². The minimum absolute atomic E-state index is 0.0406. The zero-order valence-corrected chi connectivity index (χ0v) is 16.7. The van der Waals surface area contributed by atoms with Crippen LogP contribution in [0, 0.1) is 0 Å². The number of ketones is 1. The van der Waals surface area contributed by atoms with E-state index >= 15 is 0 Å². The number of nitrogens with zero attached hydrogens (tertiary/aromatic N) is 2. The number of hydrogen-bond donors (Lipinski definition) is 1. The number of rotatable bonds is 4. The van der Waals surface area contributed by atoms with Gasteiger partial charge in [-0.05, 0) is 35.9 Å². The van der Waals surface area contributed by atoms with Crippen molar-refractivity contribution < 1.29 is 19.4 Å². The number of ether oxygens (including phenoxy) is 1. The van der Waals surface area contributed by atoms with E-state index in [9.17, 15) is 14.7 Å². The van der Waals surface area contributed by atoms with Crippen LogP contribution in [0.25, 0.3) is 5.76 Å². The highest BCUT2D eigenvalue weighted by Crippen LogP contribution is 2.44. The van der Waals surface area contributed by atoms with Crippen LogP contribution in [0.2, 0.25) is 5.02 Å². The third-order valence-electron chi connectivity index (χ3n) is 4.89. The molecule has 6 nitrogen and oxygen atoms in total. The van der Waals surface area contributed by atoms with Crippen molar-refractivity contribution in [2.45, 2.75) is 6.04 Å². The van der Waals surface area contributed by atoms with Crippen LogP contribution in [0.1, 0.15) is 17.2 Å². The lowest BCUT2D eigenvalue weighted by molar-refractivity contribution is -0.132. The summed E-state index contributed by atoms with van der Waals surface area (Å²) in [5.41, 5.74) is 1.29. The Hall–Kier alpha value is -3.64. The molecule has 3 aromatic rings. The van der Waals surface area contributed by atoms with Crippen LogP contribution in [0.15, 0.2) is 78.6 Å². The first-order valence-electron chi connectivity index (χ1n) is 9.13. The van der Waals surface area contributed by atoms with E-state index in [2.05, 4.69) is 4.98 Å².